The van der Waals surface area contributed by atoms with Gasteiger partial charge in [-0.15, -0.1) is 0 Å². The van der Waals surface area contributed by atoms with E-state index in [1.807, 2.05) is 17.0 Å². The Labute approximate surface area is 227 Å². The van der Waals surface area contributed by atoms with Gasteiger partial charge in [-0.2, -0.15) is 0 Å². The van der Waals surface area contributed by atoms with Crippen LogP contribution in [0.3, 0.4) is 0 Å². The zero-order valence-corrected chi connectivity index (χ0v) is 22.1. The number of anilines is 1. The van der Waals surface area contributed by atoms with Crippen LogP contribution in [0, 0.1) is 0 Å². The monoisotopic (exact) mass is 520 g/mol. The number of hydrogen-bond donors (Lipinski definition) is 1. The van der Waals surface area contributed by atoms with E-state index in [1.54, 1.807) is 18.5 Å². The number of hydrogen-bond acceptors (Lipinski definition) is 6. The maximum absolute atomic E-state index is 13.7. The lowest BCUT2D eigenvalue weighted by molar-refractivity contribution is -0.128. The number of nitrogens with zero attached hydrogens (tertiary/aromatic N) is 5. The Morgan fingerprint density at radius 3 is 2.69 bits per heavy atom. The van der Waals surface area contributed by atoms with E-state index in [0.29, 0.717) is 13.2 Å². The lowest BCUT2D eigenvalue weighted by Gasteiger charge is -2.36. The van der Waals surface area contributed by atoms with Gasteiger partial charge in [-0.1, -0.05) is 24.3 Å². The molecule has 8 nitrogen and oxygen atoms in total. The van der Waals surface area contributed by atoms with Gasteiger partial charge in [0.15, 0.2) is 0 Å². The van der Waals surface area contributed by atoms with E-state index in [-0.39, 0.29) is 11.9 Å². The number of likely N-dealkylation sites (N-methyl/N-ethyl adjacent to an activating group) is 1. The fourth-order valence-electron chi connectivity index (χ4n) is 6.05. The molecule has 5 heterocycles. The number of aromatic amines is 1. The number of amides is 1. The van der Waals surface area contributed by atoms with Crippen LogP contribution in [0.1, 0.15) is 34.0 Å². The van der Waals surface area contributed by atoms with Crippen molar-refractivity contribution in [1.82, 2.24) is 24.8 Å². The molecule has 3 aliphatic heterocycles. The molecule has 1 atom stereocenters. The second kappa shape index (κ2) is 9.85. The molecule has 0 aliphatic carbocycles. The number of ether oxygens (including phenoxy) is 1. The number of carbonyl (C=O) groups is 1. The molecule has 0 spiro atoms. The molecular formula is C31H32N6O2. The number of H-pyrrole nitrogens is 1. The van der Waals surface area contributed by atoms with Gasteiger partial charge < -0.3 is 24.4 Å². The summed E-state index contributed by atoms with van der Waals surface area (Å²) in [6.07, 6.45) is 8.79. The van der Waals surface area contributed by atoms with Crippen LogP contribution in [-0.4, -0.2) is 77.0 Å². The molecule has 0 saturated carbocycles. The molecule has 7 rings (SSSR count). The van der Waals surface area contributed by atoms with E-state index in [2.05, 4.69) is 68.2 Å². The van der Waals surface area contributed by atoms with E-state index in [4.69, 9.17) is 4.74 Å². The quantitative estimate of drug-likeness (QED) is 0.412. The molecule has 39 heavy (non-hydrogen) atoms. The minimum atomic E-state index is -0.194. The first-order chi connectivity index (χ1) is 19.1. The van der Waals surface area contributed by atoms with Crippen molar-refractivity contribution >= 4 is 28.8 Å². The van der Waals surface area contributed by atoms with Crippen molar-refractivity contribution < 1.29 is 9.53 Å². The Bertz CT molecular complexity index is 1550. The van der Waals surface area contributed by atoms with Gasteiger partial charge in [-0.3, -0.25) is 4.79 Å². The SMILES string of the molecule is CN1CCN(c2ncc(/C=C/C(=O)N3CCc4c([nH]c5ccccc45)[C@H]3c3ccc4c(c3)CCO4)cn2)CC1. The summed E-state index contributed by atoms with van der Waals surface area (Å²) >= 11 is 0. The van der Waals surface area contributed by atoms with Crippen LogP contribution in [0.15, 0.2) is 60.9 Å². The van der Waals surface area contributed by atoms with Gasteiger partial charge in [-0.25, -0.2) is 9.97 Å². The first kappa shape index (κ1) is 23.9. The summed E-state index contributed by atoms with van der Waals surface area (Å²) in [4.78, 5) is 33.0. The molecule has 3 aliphatic rings. The first-order valence-electron chi connectivity index (χ1n) is 13.7. The Morgan fingerprint density at radius 2 is 1.85 bits per heavy atom. The fourth-order valence-corrected chi connectivity index (χ4v) is 6.05. The maximum Gasteiger partial charge on any atom is 0.247 e. The molecule has 2 aromatic heterocycles. The van der Waals surface area contributed by atoms with E-state index in [9.17, 15) is 4.79 Å². The van der Waals surface area contributed by atoms with Gasteiger partial charge in [0.05, 0.1) is 12.6 Å². The van der Waals surface area contributed by atoms with Crippen LogP contribution >= 0.6 is 0 Å². The molecule has 4 aromatic rings. The molecule has 0 unspecified atom stereocenters. The lowest BCUT2D eigenvalue weighted by Crippen LogP contribution is -2.45. The zero-order valence-electron chi connectivity index (χ0n) is 22.1. The number of para-hydroxylation sites is 1. The second-order valence-electron chi connectivity index (χ2n) is 10.7. The third kappa shape index (κ3) is 4.44. The van der Waals surface area contributed by atoms with Crippen molar-refractivity contribution in [3.05, 3.63) is 88.9 Å². The number of aromatic nitrogens is 3. The Hall–Kier alpha value is -4.17. The van der Waals surface area contributed by atoms with Crippen molar-refractivity contribution in [2.45, 2.75) is 18.9 Å². The van der Waals surface area contributed by atoms with Gasteiger partial charge >= 0.3 is 0 Å². The Balaban J connectivity index is 1.17. The van der Waals surface area contributed by atoms with E-state index in [0.717, 1.165) is 73.1 Å². The van der Waals surface area contributed by atoms with E-state index < -0.39 is 0 Å². The molecule has 1 fully saturated rings. The van der Waals surface area contributed by atoms with Crippen LogP contribution in [0.2, 0.25) is 0 Å². The predicted molar refractivity (Wildman–Crippen MR) is 152 cm³/mol. The fraction of sp³-hybridized carbons (Fsp3) is 0.323. The minimum Gasteiger partial charge on any atom is -0.493 e. The molecule has 1 saturated heterocycles. The molecule has 198 valence electrons. The third-order valence-corrected chi connectivity index (χ3v) is 8.21. The molecule has 8 heteroatoms. The van der Waals surface area contributed by atoms with Crippen molar-refractivity contribution in [3.8, 4) is 5.75 Å². The van der Waals surface area contributed by atoms with Gasteiger partial charge in [0.2, 0.25) is 11.9 Å². The van der Waals surface area contributed by atoms with Crippen LogP contribution in [0.4, 0.5) is 5.95 Å². The second-order valence-corrected chi connectivity index (χ2v) is 10.7. The normalized spacial score (nSPS) is 19.4. The Morgan fingerprint density at radius 1 is 1.03 bits per heavy atom. The van der Waals surface area contributed by atoms with Crippen LogP contribution in [-0.2, 0) is 17.6 Å². The van der Waals surface area contributed by atoms with Crippen molar-refractivity contribution in [1.29, 1.82) is 0 Å². The zero-order chi connectivity index (χ0) is 26.3. The summed E-state index contributed by atoms with van der Waals surface area (Å²) in [5.74, 6) is 1.67. The first-order valence-corrected chi connectivity index (χ1v) is 13.7. The third-order valence-electron chi connectivity index (χ3n) is 8.21. The van der Waals surface area contributed by atoms with Crippen molar-refractivity contribution in [3.63, 3.8) is 0 Å². The largest absolute Gasteiger partial charge is 0.493 e. The predicted octanol–water partition coefficient (Wildman–Crippen LogP) is 3.83. The van der Waals surface area contributed by atoms with Crippen molar-refractivity contribution in [2.75, 3.05) is 51.3 Å². The highest BCUT2D eigenvalue weighted by molar-refractivity contribution is 5.93. The minimum absolute atomic E-state index is 0.0239. The molecule has 0 radical (unpaired) electrons. The highest BCUT2D eigenvalue weighted by Crippen LogP contribution is 2.40. The average molecular weight is 521 g/mol. The van der Waals surface area contributed by atoms with Gasteiger partial charge in [-0.05, 0) is 54.4 Å². The van der Waals surface area contributed by atoms with E-state index >= 15 is 0 Å². The standard InChI is InChI=1S/C31H32N6O2/c1-35-13-15-36(16-14-35)31-32-19-21(20-33-31)6-9-28(38)37-12-10-25-24-4-2-3-5-26(24)34-29(25)30(37)23-7-8-27-22(18-23)11-17-39-27/h2-9,18-20,30,34H,10-17H2,1H3/b9-6+/t30-/m1/s1. The van der Waals surface area contributed by atoms with E-state index in [1.165, 1.54) is 16.5 Å². The summed E-state index contributed by atoms with van der Waals surface area (Å²) in [6, 6.07) is 14.6. The molecule has 1 amide bonds. The summed E-state index contributed by atoms with van der Waals surface area (Å²) in [6.45, 7) is 5.21. The number of rotatable bonds is 4. The number of fused-ring (bicyclic) bond motifs is 4. The van der Waals surface area contributed by atoms with Crippen LogP contribution < -0.4 is 9.64 Å². The average Bonchev–Trinajstić information content (AvgIpc) is 3.60. The molecular weight excluding hydrogens is 488 g/mol. The maximum atomic E-state index is 13.7. The van der Waals surface area contributed by atoms with Crippen LogP contribution in [0.25, 0.3) is 17.0 Å². The number of nitrogens with one attached hydrogen (secondary N) is 1. The van der Waals surface area contributed by atoms with Gasteiger partial charge in [0.1, 0.15) is 5.75 Å². The van der Waals surface area contributed by atoms with Gasteiger partial charge in [0, 0.05) is 79.8 Å². The summed E-state index contributed by atoms with van der Waals surface area (Å²) < 4.78 is 5.76. The smallest absolute Gasteiger partial charge is 0.247 e. The summed E-state index contributed by atoms with van der Waals surface area (Å²) in [7, 11) is 2.13. The molecule has 2 aromatic carbocycles. The summed E-state index contributed by atoms with van der Waals surface area (Å²) in [5.41, 5.74) is 6.64. The topological polar surface area (TPSA) is 77.6 Å². The van der Waals surface area contributed by atoms with Gasteiger partial charge in [0.25, 0.3) is 0 Å². The van der Waals surface area contributed by atoms with Crippen molar-refractivity contribution in [2.24, 2.45) is 0 Å². The molecule has 0 bridgehead atoms. The summed E-state index contributed by atoms with van der Waals surface area (Å²) in [5, 5.41) is 1.24. The number of carbonyl (C=O) groups excluding carboxylic acids is 1. The molecule has 1 N–H and O–H groups in total. The highest BCUT2D eigenvalue weighted by Gasteiger charge is 2.34. The highest BCUT2D eigenvalue weighted by atomic mass is 16.5. The van der Waals surface area contributed by atoms with Crippen LogP contribution in [0.5, 0.6) is 5.75 Å². The lowest BCUT2D eigenvalue weighted by atomic mass is 9.91. The Kier molecular flexibility index (Phi) is 6.04. The number of piperazine rings is 1. The number of benzene rings is 2.